The summed E-state index contributed by atoms with van der Waals surface area (Å²) in [6, 6.07) is 3.53. The van der Waals surface area contributed by atoms with Gasteiger partial charge in [-0.3, -0.25) is 0 Å². The zero-order valence-electron chi connectivity index (χ0n) is 11.0. The van der Waals surface area contributed by atoms with E-state index < -0.39 is 17.7 Å². The molecule has 1 atom stereocenters. The van der Waals surface area contributed by atoms with E-state index in [1.165, 1.54) is 23.5 Å². The van der Waals surface area contributed by atoms with Gasteiger partial charge in [-0.25, -0.2) is 8.78 Å². The molecule has 0 saturated carbocycles. The Balaban J connectivity index is 2.56. The Kier molecular flexibility index (Phi) is 6.03. The van der Waals surface area contributed by atoms with E-state index >= 15 is 0 Å². The van der Waals surface area contributed by atoms with Gasteiger partial charge in [0.1, 0.15) is 11.6 Å². The largest absolute Gasteiger partial charge is 0.306 e. The number of nitrogens with one attached hydrogen (secondary N) is 1. The van der Waals surface area contributed by atoms with Gasteiger partial charge in [0.15, 0.2) is 0 Å². The van der Waals surface area contributed by atoms with Crippen LogP contribution in [0, 0.1) is 11.6 Å². The van der Waals surface area contributed by atoms with E-state index in [0.717, 1.165) is 6.42 Å². The first-order valence-electron chi connectivity index (χ1n) is 6.27. The van der Waals surface area contributed by atoms with Gasteiger partial charge in [0.05, 0.1) is 19.2 Å². The number of hydrogen-bond donors (Lipinski definition) is 1. The lowest BCUT2D eigenvalue weighted by atomic mass is 10.00. The van der Waals surface area contributed by atoms with E-state index in [9.17, 15) is 8.78 Å². The number of thiophene rings is 1. The predicted molar refractivity (Wildman–Crippen MR) is 88.5 cm³/mol. The summed E-state index contributed by atoms with van der Waals surface area (Å²) in [5, 5.41) is 3.13. The van der Waals surface area contributed by atoms with Gasteiger partial charge < -0.3 is 5.32 Å². The minimum absolute atomic E-state index is 0.0609. The van der Waals surface area contributed by atoms with Crippen molar-refractivity contribution in [3.05, 3.63) is 54.1 Å². The molecule has 1 heterocycles. The summed E-state index contributed by atoms with van der Waals surface area (Å²) in [6.07, 6.45) is 0.823. The van der Waals surface area contributed by atoms with Gasteiger partial charge in [-0.2, -0.15) is 0 Å². The Bertz CT molecular complexity index is 648. The van der Waals surface area contributed by atoms with Crippen LogP contribution in [0.25, 0.3) is 0 Å². The van der Waals surface area contributed by atoms with Crippen molar-refractivity contribution in [3.63, 3.8) is 0 Å². The molecule has 0 amide bonds. The van der Waals surface area contributed by atoms with Crippen LogP contribution in [0.2, 0.25) is 8.67 Å². The molecule has 1 nitrogen and oxygen atoms in total. The summed E-state index contributed by atoms with van der Waals surface area (Å²) in [5.41, 5.74) is 0.519. The number of halogens is 5. The highest BCUT2D eigenvalue weighted by Gasteiger charge is 2.26. The van der Waals surface area contributed by atoms with Crippen molar-refractivity contribution in [2.75, 3.05) is 6.54 Å². The Morgan fingerprint density at radius 2 is 2.05 bits per heavy atom. The van der Waals surface area contributed by atoms with Crippen LogP contribution in [-0.4, -0.2) is 6.54 Å². The Hall–Kier alpha value is -0.200. The molecule has 0 aliphatic heterocycles. The molecule has 7 heteroatoms. The van der Waals surface area contributed by atoms with Gasteiger partial charge in [-0.15, -0.1) is 11.3 Å². The highest BCUT2D eigenvalue weighted by molar-refractivity contribution is 9.10. The summed E-state index contributed by atoms with van der Waals surface area (Å²) in [6.45, 7) is 2.57. The molecule has 0 fully saturated rings. The second kappa shape index (κ2) is 7.38. The normalized spacial score (nSPS) is 12.7. The molecule has 1 aromatic carbocycles. The van der Waals surface area contributed by atoms with Crippen LogP contribution in [0.15, 0.2) is 22.7 Å². The number of benzene rings is 1. The lowest BCUT2D eigenvalue weighted by Crippen LogP contribution is -2.25. The van der Waals surface area contributed by atoms with Crippen molar-refractivity contribution < 1.29 is 8.78 Å². The Morgan fingerprint density at radius 3 is 2.62 bits per heavy atom. The molecule has 0 bridgehead atoms. The van der Waals surface area contributed by atoms with Gasteiger partial charge in [-0.05, 0) is 47.1 Å². The molecule has 0 aliphatic carbocycles. The average molecular weight is 415 g/mol. The minimum Gasteiger partial charge on any atom is -0.306 e. The smallest absolute Gasteiger partial charge is 0.145 e. The van der Waals surface area contributed by atoms with Crippen molar-refractivity contribution in [3.8, 4) is 0 Å². The van der Waals surface area contributed by atoms with Crippen LogP contribution in [0.4, 0.5) is 8.78 Å². The molecule has 2 rings (SSSR count). The lowest BCUT2D eigenvalue weighted by molar-refractivity contribution is 0.501. The molecule has 0 radical (unpaired) electrons. The van der Waals surface area contributed by atoms with Gasteiger partial charge in [-0.1, -0.05) is 30.1 Å². The summed E-state index contributed by atoms with van der Waals surface area (Å²) < 4.78 is 29.6. The Morgan fingerprint density at radius 1 is 1.33 bits per heavy atom. The minimum atomic E-state index is -0.682. The molecule has 0 saturated heterocycles. The van der Waals surface area contributed by atoms with Crippen LogP contribution in [-0.2, 0) is 0 Å². The van der Waals surface area contributed by atoms with Crippen LogP contribution in [0.5, 0.6) is 0 Å². The van der Waals surface area contributed by atoms with Gasteiger partial charge in [0.2, 0.25) is 0 Å². The topological polar surface area (TPSA) is 12.0 Å². The lowest BCUT2D eigenvalue weighted by Gasteiger charge is -2.20. The fourth-order valence-electron chi connectivity index (χ4n) is 2.01. The van der Waals surface area contributed by atoms with E-state index in [4.69, 9.17) is 23.2 Å². The predicted octanol–water partition coefficient (Wildman–Crippen LogP) is 6.18. The van der Waals surface area contributed by atoms with Crippen molar-refractivity contribution in [1.29, 1.82) is 0 Å². The van der Waals surface area contributed by atoms with Crippen LogP contribution < -0.4 is 5.32 Å². The summed E-state index contributed by atoms with van der Waals surface area (Å²) in [5.74, 6) is -1.26. The van der Waals surface area contributed by atoms with Crippen molar-refractivity contribution in [2.24, 2.45) is 0 Å². The first-order valence-corrected chi connectivity index (χ1v) is 8.63. The van der Waals surface area contributed by atoms with Crippen LogP contribution >= 0.6 is 50.5 Å². The number of rotatable bonds is 5. The molecule has 2 aromatic rings. The van der Waals surface area contributed by atoms with Crippen LogP contribution in [0.1, 0.15) is 30.5 Å². The molecule has 1 aromatic heterocycles. The van der Waals surface area contributed by atoms with E-state index in [0.29, 0.717) is 20.8 Å². The summed E-state index contributed by atoms with van der Waals surface area (Å²) in [7, 11) is 0. The molecule has 114 valence electrons. The molecule has 21 heavy (non-hydrogen) atoms. The van der Waals surface area contributed by atoms with E-state index in [1.54, 1.807) is 6.07 Å². The van der Waals surface area contributed by atoms with Gasteiger partial charge in [0, 0.05) is 11.1 Å². The first-order chi connectivity index (χ1) is 9.95. The van der Waals surface area contributed by atoms with Gasteiger partial charge in [0.25, 0.3) is 0 Å². The van der Waals surface area contributed by atoms with E-state index in [1.807, 2.05) is 6.92 Å². The van der Waals surface area contributed by atoms with Crippen molar-refractivity contribution >= 4 is 50.5 Å². The molecule has 1 N–H and O–H groups in total. The fourth-order valence-corrected chi connectivity index (χ4v) is 3.89. The standard InChI is InChI=1S/C14H12BrCl2F2NS/c1-2-5-20-13(7-6-10(16)21-14(7)17)11-9(18)4-3-8(15)12(11)19/h3-4,6,13,20H,2,5H2,1H3. The van der Waals surface area contributed by atoms with E-state index in [-0.39, 0.29) is 10.0 Å². The average Bonchev–Trinajstić information content (AvgIpc) is 2.77. The second-order valence-corrected chi connectivity index (χ2v) is 7.56. The molecule has 0 aliphatic rings. The maximum atomic E-state index is 14.4. The Labute approximate surface area is 144 Å². The maximum absolute atomic E-state index is 14.4. The first kappa shape index (κ1) is 17.2. The monoisotopic (exact) mass is 413 g/mol. The van der Waals surface area contributed by atoms with Gasteiger partial charge >= 0.3 is 0 Å². The fraction of sp³-hybridized carbons (Fsp3) is 0.286. The third kappa shape index (κ3) is 3.77. The molecule has 1 unspecified atom stereocenters. The zero-order chi connectivity index (χ0) is 15.6. The highest BCUT2D eigenvalue weighted by atomic mass is 79.9. The second-order valence-electron chi connectivity index (χ2n) is 4.42. The molecule has 0 spiro atoms. The van der Waals surface area contributed by atoms with Crippen molar-refractivity contribution in [1.82, 2.24) is 5.32 Å². The quantitative estimate of drug-likeness (QED) is 0.575. The van der Waals surface area contributed by atoms with Crippen molar-refractivity contribution in [2.45, 2.75) is 19.4 Å². The molecular formula is C14H12BrCl2F2NS. The summed E-state index contributed by atoms with van der Waals surface area (Å²) >= 11 is 16.4. The number of hydrogen-bond acceptors (Lipinski definition) is 2. The van der Waals surface area contributed by atoms with Crippen LogP contribution in [0.3, 0.4) is 0 Å². The van der Waals surface area contributed by atoms with E-state index in [2.05, 4.69) is 21.2 Å². The summed E-state index contributed by atoms with van der Waals surface area (Å²) in [4.78, 5) is 0. The third-order valence-electron chi connectivity index (χ3n) is 2.96. The third-order valence-corrected chi connectivity index (χ3v) is 5.09. The SMILES string of the molecule is CCCNC(c1cc(Cl)sc1Cl)c1c(F)ccc(Br)c1F. The molecular weight excluding hydrogens is 403 g/mol. The zero-order valence-corrected chi connectivity index (χ0v) is 14.9. The maximum Gasteiger partial charge on any atom is 0.145 e. The highest BCUT2D eigenvalue weighted by Crippen LogP contribution is 2.39.